The van der Waals surface area contributed by atoms with Crippen LogP contribution in [-0.4, -0.2) is 41.1 Å². The average Bonchev–Trinajstić information content (AvgIpc) is 2.50. The molecule has 2 atom stereocenters. The van der Waals surface area contributed by atoms with Gasteiger partial charge in [-0.1, -0.05) is 26.0 Å². The van der Waals surface area contributed by atoms with Gasteiger partial charge in [-0.25, -0.2) is 0 Å². The van der Waals surface area contributed by atoms with Gasteiger partial charge in [0, 0.05) is 18.3 Å². The molecule has 1 amide bonds. The SMILES string of the molecule is CCC(C)N(CC(=O)Nc1cccc(C)c1C)C[C@H](O)CC. The topological polar surface area (TPSA) is 52.6 Å². The van der Waals surface area contributed by atoms with E-state index in [2.05, 4.69) is 24.1 Å². The zero-order valence-electron chi connectivity index (χ0n) is 14.5. The molecule has 1 rings (SSSR count). The summed E-state index contributed by atoms with van der Waals surface area (Å²) in [6, 6.07) is 6.18. The summed E-state index contributed by atoms with van der Waals surface area (Å²) in [5.41, 5.74) is 3.13. The van der Waals surface area contributed by atoms with E-state index in [1.807, 2.05) is 39.0 Å². The van der Waals surface area contributed by atoms with Gasteiger partial charge in [-0.15, -0.1) is 0 Å². The lowest BCUT2D eigenvalue weighted by atomic mass is 10.1. The monoisotopic (exact) mass is 306 g/mol. The van der Waals surface area contributed by atoms with Gasteiger partial charge in [0.25, 0.3) is 0 Å². The van der Waals surface area contributed by atoms with Crippen molar-refractivity contribution in [1.29, 1.82) is 0 Å². The van der Waals surface area contributed by atoms with Crippen molar-refractivity contribution in [2.45, 2.75) is 59.6 Å². The van der Waals surface area contributed by atoms with Crippen LogP contribution in [0.1, 0.15) is 44.7 Å². The van der Waals surface area contributed by atoms with Gasteiger partial charge in [-0.05, 0) is 50.8 Å². The normalized spacial score (nSPS) is 14.0. The number of aliphatic hydroxyl groups is 1. The minimum Gasteiger partial charge on any atom is -0.392 e. The molecule has 0 radical (unpaired) electrons. The van der Waals surface area contributed by atoms with E-state index in [-0.39, 0.29) is 18.1 Å². The maximum atomic E-state index is 12.3. The number of anilines is 1. The van der Waals surface area contributed by atoms with Crippen molar-refractivity contribution in [3.05, 3.63) is 29.3 Å². The fourth-order valence-corrected chi connectivity index (χ4v) is 2.32. The highest BCUT2D eigenvalue weighted by Crippen LogP contribution is 2.18. The summed E-state index contributed by atoms with van der Waals surface area (Å²) < 4.78 is 0. The molecule has 1 aromatic carbocycles. The first-order valence-electron chi connectivity index (χ1n) is 8.17. The van der Waals surface area contributed by atoms with Crippen LogP contribution in [0.3, 0.4) is 0 Å². The summed E-state index contributed by atoms with van der Waals surface area (Å²) in [6.07, 6.45) is 1.26. The van der Waals surface area contributed by atoms with Gasteiger partial charge in [0.1, 0.15) is 0 Å². The number of nitrogens with zero attached hydrogens (tertiary/aromatic N) is 1. The molecule has 0 aliphatic heterocycles. The van der Waals surface area contributed by atoms with Gasteiger partial charge in [-0.2, -0.15) is 0 Å². The molecule has 4 heteroatoms. The van der Waals surface area contributed by atoms with E-state index < -0.39 is 0 Å². The first-order valence-corrected chi connectivity index (χ1v) is 8.17. The van der Waals surface area contributed by atoms with Crippen molar-refractivity contribution in [3.8, 4) is 0 Å². The van der Waals surface area contributed by atoms with Gasteiger partial charge in [0.05, 0.1) is 12.6 Å². The molecule has 0 aliphatic rings. The number of aryl methyl sites for hydroxylation is 1. The Morgan fingerprint density at radius 2 is 1.95 bits per heavy atom. The van der Waals surface area contributed by atoms with Crippen LogP contribution in [0.2, 0.25) is 0 Å². The number of hydrogen-bond acceptors (Lipinski definition) is 3. The maximum Gasteiger partial charge on any atom is 0.238 e. The Kier molecular flexibility index (Phi) is 7.56. The second-order valence-corrected chi connectivity index (χ2v) is 6.04. The fraction of sp³-hybridized carbons (Fsp3) is 0.611. The van der Waals surface area contributed by atoms with Crippen molar-refractivity contribution in [2.75, 3.05) is 18.4 Å². The first kappa shape index (κ1) is 18.7. The number of hydrogen-bond donors (Lipinski definition) is 2. The smallest absolute Gasteiger partial charge is 0.238 e. The Balaban J connectivity index is 2.72. The molecule has 0 heterocycles. The summed E-state index contributed by atoms with van der Waals surface area (Å²) in [5, 5.41) is 12.9. The molecule has 124 valence electrons. The summed E-state index contributed by atoms with van der Waals surface area (Å²) in [6.45, 7) is 11.0. The van der Waals surface area contributed by atoms with Crippen LogP contribution in [0.25, 0.3) is 0 Å². The molecule has 1 unspecified atom stereocenters. The van der Waals surface area contributed by atoms with Crippen LogP contribution in [0.15, 0.2) is 18.2 Å². The van der Waals surface area contributed by atoms with Crippen LogP contribution in [0.4, 0.5) is 5.69 Å². The number of rotatable bonds is 8. The fourth-order valence-electron chi connectivity index (χ4n) is 2.32. The highest BCUT2D eigenvalue weighted by molar-refractivity contribution is 5.93. The van der Waals surface area contributed by atoms with E-state index >= 15 is 0 Å². The lowest BCUT2D eigenvalue weighted by Crippen LogP contribution is -2.43. The number of amides is 1. The third-order valence-corrected chi connectivity index (χ3v) is 4.36. The number of nitrogens with one attached hydrogen (secondary N) is 1. The molecule has 0 spiro atoms. The molecule has 2 N–H and O–H groups in total. The Morgan fingerprint density at radius 1 is 1.27 bits per heavy atom. The van der Waals surface area contributed by atoms with E-state index in [0.717, 1.165) is 23.2 Å². The molecular formula is C18H30N2O2. The van der Waals surface area contributed by atoms with E-state index in [1.165, 1.54) is 0 Å². The third-order valence-electron chi connectivity index (χ3n) is 4.36. The standard InChI is InChI=1S/C18H30N2O2/c1-6-14(4)20(11-16(21)7-2)12-18(22)19-17-10-8-9-13(3)15(17)5/h8-10,14,16,21H,6-7,11-12H2,1-5H3,(H,19,22)/t14?,16-/m1/s1. The number of carbonyl (C=O) groups excluding carboxylic acids is 1. The van der Waals surface area contributed by atoms with Crippen molar-refractivity contribution < 1.29 is 9.90 Å². The molecule has 0 saturated heterocycles. The van der Waals surface area contributed by atoms with Crippen LogP contribution in [0, 0.1) is 13.8 Å². The van der Waals surface area contributed by atoms with Crippen molar-refractivity contribution in [1.82, 2.24) is 4.90 Å². The lowest BCUT2D eigenvalue weighted by Gasteiger charge is -2.29. The van der Waals surface area contributed by atoms with Crippen LogP contribution >= 0.6 is 0 Å². The van der Waals surface area contributed by atoms with E-state index in [4.69, 9.17) is 0 Å². The zero-order valence-corrected chi connectivity index (χ0v) is 14.5. The molecule has 22 heavy (non-hydrogen) atoms. The number of aliphatic hydroxyl groups excluding tert-OH is 1. The Bertz CT molecular complexity index is 488. The zero-order chi connectivity index (χ0) is 16.7. The second kappa shape index (κ2) is 8.91. The minimum absolute atomic E-state index is 0.0303. The summed E-state index contributed by atoms with van der Waals surface area (Å²) in [5.74, 6) is -0.0303. The third kappa shape index (κ3) is 5.43. The van der Waals surface area contributed by atoms with Gasteiger partial charge in [0.15, 0.2) is 0 Å². The number of carbonyl (C=O) groups is 1. The predicted molar refractivity (Wildman–Crippen MR) is 92.2 cm³/mol. The Hall–Kier alpha value is -1.39. The maximum absolute atomic E-state index is 12.3. The average molecular weight is 306 g/mol. The molecule has 0 bridgehead atoms. The van der Waals surface area contributed by atoms with E-state index in [1.54, 1.807) is 0 Å². The first-order chi connectivity index (χ1) is 10.4. The highest BCUT2D eigenvalue weighted by atomic mass is 16.3. The number of benzene rings is 1. The van der Waals surface area contributed by atoms with Crippen molar-refractivity contribution >= 4 is 11.6 Å². The molecule has 0 fully saturated rings. The predicted octanol–water partition coefficient (Wildman–Crippen LogP) is 3.11. The molecule has 4 nitrogen and oxygen atoms in total. The molecule has 0 aliphatic carbocycles. The molecule has 0 saturated carbocycles. The van der Waals surface area contributed by atoms with Gasteiger partial charge < -0.3 is 10.4 Å². The quantitative estimate of drug-likeness (QED) is 0.776. The van der Waals surface area contributed by atoms with Crippen LogP contribution in [0.5, 0.6) is 0 Å². The van der Waals surface area contributed by atoms with Crippen molar-refractivity contribution in [2.24, 2.45) is 0 Å². The van der Waals surface area contributed by atoms with Crippen LogP contribution < -0.4 is 5.32 Å². The molecule has 0 aromatic heterocycles. The summed E-state index contributed by atoms with van der Waals surface area (Å²) in [7, 11) is 0. The van der Waals surface area contributed by atoms with Crippen molar-refractivity contribution in [3.63, 3.8) is 0 Å². The second-order valence-electron chi connectivity index (χ2n) is 6.04. The van der Waals surface area contributed by atoms with E-state index in [9.17, 15) is 9.90 Å². The lowest BCUT2D eigenvalue weighted by molar-refractivity contribution is -0.118. The Morgan fingerprint density at radius 3 is 2.55 bits per heavy atom. The van der Waals surface area contributed by atoms with Gasteiger partial charge in [0.2, 0.25) is 5.91 Å². The summed E-state index contributed by atoms with van der Waals surface area (Å²) >= 11 is 0. The highest BCUT2D eigenvalue weighted by Gasteiger charge is 2.19. The van der Waals surface area contributed by atoms with Gasteiger partial charge in [-0.3, -0.25) is 9.69 Å². The Labute approximate surface area is 134 Å². The minimum atomic E-state index is -0.387. The van der Waals surface area contributed by atoms with E-state index in [0.29, 0.717) is 19.5 Å². The van der Waals surface area contributed by atoms with Crippen LogP contribution in [-0.2, 0) is 4.79 Å². The van der Waals surface area contributed by atoms with Gasteiger partial charge >= 0.3 is 0 Å². The summed E-state index contributed by atoms with van der Waals surface area (Å²) in [4.78, 5) is 14.4. The molecule has 1 aromatic rings. The molecular weight excluding hydrogens is 276 g/mol. The largest absolute Gasteiger partial charge is 0.392 e.